The van der Waals surface area contributed by atoms with E-state index in [1.807, 2.05) is 25.1 Å². The summed E-state index contributed by atoms with van der Waals surface area (Å²) in [5.74, 6) is 1.36. The second-order valence-corrected chi connectivity index (χ2v) is 6.62. The number of rotatable bonds is 5. The van der Waals surface area contributed by atoms with Crippen molar-refractivity contribution >= 4 is 47.2 Å². The van der Waals surface area contributed by atoms with E-state index in [4.69, 9.17) is 16.0 Å². The lowest BCUT2D eigenvalue weighted by Crippen LogP contribution is -2.52. The maximum absolute atomic E-state index is 10.2. The Morgan fingerprint density at radius 3 is 2.67 bits per heavy atom. The Hall–Kier alpha value is -1.45. The highest BCUT2D eigenvalue weighted by atomic mass is 127. The van der Waals surface area contributed by atoms with Crippen molar-refractivity contribution in [3.63, 3.8) is 0 Å². The van der Waals surface area contributed by atoms with Gasteiger partial charge in [0.25, 0.3) is 0 Å². The summed E-state index contributed by atoms with van der Waals surface area (Å²) < 4.78 is 5.23. The van der Waals surface area contributed by atoms with Crippen LogP contribution in [0.15, 0.2) is 52.1 Å². The molecule has 1 saturated heterocycles. The number of hydrogen-bond acceptors (Lipinski definition) is 4. The number of benzene rings is 1. The minimum Gasteiger partial charge on any atom is -0.467 e. The van der Waals surface area contributed by atoms with Crippen LogP contribution in [0.25, 0.3) is 0 Å². The Bertz CT molecular complexity index is 718. The molecule has 1 aromatic heterocycles. The molecule has 1 aliphatic rings. The van der Waals surface area contributed by atoms with Crippen LogP contribution in [-0.4, -0.2) is 55.2 Å². The molecule has 8 heteroatoms. The van der Waals surface area contributed by atoms with Crippen LogP contribution in [0.4, 0.5) is 5.69 Å². The molecule has 0 saturated carbocycles. The molecule has 3 rings (SSSR count). The Labute approximate surface area is 182 Å². The predicted molar refractivity (Wildman–Crippen MR) is 120 cm³/mol. The van der Waals surface area contributed by atoms with Gasteiger partial charge in [-0.2, -0.15) is 0 Å². The number of aliphatic hydroxyl groups excluding tert-OH is 1. The van der Waals surface area contributed by atoms with Gasteiger partial charge in [0.2, 0.25) is 0 Å². The van der Waals surface area contributed by atoms with E-state index in [0.717, 1.165) is 49.4 Å². The van der Waals surface area contributed by atoms with Gasteiger partial charge in [0.15, 0.2) is 5.96 Å². The Morgan fingerprint density at radius 1 is 1.26 bits per heavy atom. The molecule has 27 heavy (non-hydrogen) atoms. The summed E-state index contributed by atoms with van der Waals surface area (Å²) >= 11 is 6.10. The second-order valence-electron chi connectivity index (χ2n) is 6.18. The van der Waals surface area contributed by atoms with Crippen molar-refractivity contribution in [1.82, 2.24) is 10.2 Å². The molecular formula is C19H26ClIN4O2. The fourth-order valence-corrected chi connectivity index (χ4v) is 3.20. The number of aliphatic imine (C=N–C) groups is 1. The summed E-state index contributed by atoms with van der Waals surface area (Å²) in [5.41, 5.74) is 1.15. The number of halogens is 2. The first-order valence-electron chi connectivity index (χ1n) is 8.92. The number of nitrogens with one attached hydrogen (secondary N) is 1. The normalized spacial score (nSPS) is 16.0. The van der Waals surface area contributed by atoms with Gasteiger partial charge in [0.1, 0.15) is 11.9 Å². The molecule has 1 unspecified atom stereocenters. The first kappa shape index (κ1) is 21.8. The molecule has 1 aliphatic heterocycles. The molecule has 0 radical (unpaired) electrons. The third kappa shape index (κ3) is 6.02. The predicted octanol–water partition coefficient (Wildman–Crippen LogP) is 3.37. The maximum Gasteiger partial charge on any atom is 0.194 e. The van der Waals surface area contributed by atoms with Crippen molar-refractivity contribution in [3.05, 3.63) is 53.4 Å². The van der Waals surface area contributed by atoms with Gasteiger partial charge in [-0.15, -0.1) is 24.0 Å². The van der Waals surface area contributed by atoms with Crippen LogP contribution in [0.3, 0.4) is 0 Å². The highest BCUT2D eigenvalue weighted by Gasteiger charge is 2.20. The topological polar surface area (TPSA) is 64.2 Å². The molecule has 0 aliphatic carbocycles. The molecule has 1 fully saturated rings. The van der Waals surface area contributed by atoms with Crippen LogP contribution in [0, 0.1) is 0 Å². The zero-order valence-corrected chi connectivity index (χ0v) is 18.4. The third-order valence-electron chi connectivity index (χ3n) is 4.37. The molecule has 0 amide bonds. The van der Waals surface area contributed by atoms with Crippen LogP contribution in [-0.2, 0) is 0 Å². The van der Waals surface area contributed by atoms with Crippen molar-refractivity contribution in [2.75, 3.05) is 44.2 Å². The molecule has 2 heterocycles. The Morgan fingerprint density at radius 2 is 2.04 bits per heavy atom. The zero-order valence-electron chi connectivity index (χ0n) is 15.3. The molecule has 6 nitrogen and oxygen atoms in total. The minimum absolute atomic E-state index is 0. The van der Waals surface area contributed by atoms with Gasteiger partial charge in [-0.3, -0.25) is 0 Å². The molecule has 1 atom stereocenters. The number of anilines is 1. The summed E-state index contributed by atoms with van der Waals surface area (Å²) in [6, 6.07) is 11.5. The highest BCUT2D eigenvalue weighted by molar-refractivity contribution is 14.0. The number of piperazine rings is 1. The van der Waals surface area contributed by atoms with E-state index >= 15 is 0 Å². The summed E-state index contributed by atoms with van der Waals surface area (Å²) in [5, 5.41) is 14.2. The van der Waals surface area contributed by atoms with Gasteiger partial charge in [-0.25, -0.2) is 4.99 Å². The monoisotopic (exact) mass is 504 g/mol. The minimum atomic E-state index is -0.730. The van der Waals surface area contributed by atoms with Gasteiger partial charge in [-0.1, -0.05) is 17.7 Å². The number of aliphatic hydroxyl groups is 1. The number of hydrogen-bond donors (Lipinski definition) is 2. The van der Waals surface area contributed by atoms with E-state index in [0.29, 0.717) is 5.76 Å². The van der Waals surface area contributed by atoms with Crippen LogP contribution in [0.2, 0.25) is 5.02 Å². The Balaban J connectivity index is 0.00000261. The van der Waals surface area contributed by atoms with Crippen LogP contribution in [0.1, 0.15) is 18.8 Å². The first-order chi connectivity index (χ1) is 12.7. The van der Waals surface area contributed by atoms with Crippen molar-refractivity contribution in [3.8, 4) is 0 Å². The molecule has 2 aromatic rings. The van der Waals surface area contributed by atoms with E-state index < -0.39 is 6.10 Å². The SMILES string of the molecule is CCNC(=NCC(O)c1ccco1)N1CCN(c2cccc(Cl)c2)CC1.I. The summed E-state index contributed by atoms with van der Waals surface area (Å²) in [6.07, 6.45) is 0.828. The van der Waals surface area contributed by atoms with Gasteiger partial charge in [0.05, 0.1) is 12.8 Å². The Kier molecular flexibility index (Phi) is 8.72. The molecular weight excluding hydrogens is 479 g/mol. The van der Waals surface area contributed by atoms with E-state index in [-0.39, 0.29) is 30.5 Å². The number of nitrogens with zero attached hydrogens (tertiary/aromatic N) is 3. The third-order valence-corrected chi connectivity index (χ3v) is 4.61. The van der Waals surface area contributed by atoms with E-state index in [1.165, 1.54) is 0 Å². The molecule has 148 valence electrons. The summed E-state index contributed by atoms with van der Waals surface area (Å²) in [7, 11) is 0. The lowest BCUT2D eigenvalue weighted by molar-refractivity contribution is 0.158. The van der Waals surface area contributed by atoms with Crippen molar-refractivity contribution in [1.29, 1.82) is 0 Å². The lowest BCUT2D eigenvalue weighted by atomic mass is 10.2. The van der Waals surface area contributed by atoms with Crippen LogP contribution in [0.5, 0.6) is 0 Å². The molecule has 1 aromatic carbocycles. The quantitative estimate of drug-likeness (QED) is 0.371. The van der Waals surface area contributed by atoms with Crippen molar-refractivity contribution in [2.24, 2.45) is 4.99 Å². The van der Waals surface area contributed by atoms with E-state index in [2.05, 4.69) is 26.2 Å². The molecule has 0 spiro atoms. The van der Waals surface area contributed by atoms with Crippen LogP contribution >= 0.6 is 35.6 Å². The van der Waals surface area contributed by atoms with E-state index in [9.17, 15) is 5.11 Å². The fourth-order valence-electron chi connectivity index (χ4n) is 3.02. The molecule has 2 N–H and O–H groups in total. The zero-order chi connectivity index (χ0) is 18.4. The second kappa shape index (κ2) is 10.8. The first-order valence-corrected chi connectivity index (χ1v) is 9.30. The smallest absolute Gasteiger partial charge is 0.194 e. The van der Waals surface area contributed by atoms with Crippen LogP contribution < -0.4 is 10.2 Å². The van der Waals surface area contributed by atoms with Gasteiger partial charge < -0.3 is 24.6 Å². The average Bonchev–Trinajstić information content (AvgIpc) is 3.20. The fraction of sp³-hybridized carbons (Fsp3) is 0.421. The van der Waals surface area contributed by atoms with Crippen molar-refractivity contribution < 1.29 is 9.52 Å². The van der Waals surface area contributed by atoms with Gasteiger partial charge in [0, 0.05) is 43.4 Å². The van der Waals surface area contributed by atoms with E-state index in [1.54, 1.807) is 18.4 Å². The number of guanidine groups is 1. The molecule has 0 bridgehead atoms. The summed E-state index contributed by atoms with van der Waals surface area (Å²) in [6.45, 7) is 6.59. The van der Waals surface area contributed by atoms with Crippen molar-refractivity contribution in [2.45, 2.75) is 13.0 Å². The largest absolute Gasteiger partial charge is 0.467 e. The van der Waals surface area contributed by atoms with Gasteiger partial charge in [-0.05, 0) is 37.3 Å². The lowest BCUT2D eigenvalue weighted by Gasteiger charge is -2.37. The van der Waals surface area contributed by atoms with Gasteiger partial charge >= 0.3 is 0 Å². The number of furan rings is 1. The standard InChI is InChI=1S/C19H25ClN4O2.HI/c1-2-21-19(22-14-17(25)18-7-4-12-26-18)24-10-8-23(9-11-24)16-6-3-5-15(20)13-16;/h3-7,12-13,17,25H,2,8-11,14H2,1H3,(H,21,22);1H. The maximum atomic E-state index is 10.2. The average molecular weight is 505 g/mol. The highest BCUT2D eigenvalue weighted by Crippen LogP contribution is 2.21. The summed E-state index contributed by atoms with van der Waals surface area (Å²) in [4.78, 5) is 9.13.